The van der Waals surface area contributed by atoms with E-state index in [0.29, 0.717) is 22.2 Å². The number of carbonyl (C=O) groups excluding carboxylic acids is 1. The predicted molar refractivity (Wildman–Crippen MR) is 67.3 cm³/mol. The van der Waals surface area contributed by atoms with Crippen molar-refractivity contribution in [2.45, 2.75) is 6.92 Å². The van der Waals surface area contributed by atoms with Crippen molar-refractivity contribution < 1.29 is 10.0 Å². The second kappa shape index (κ2) is 4.96. The second-order valence-electron chi connectivity index (χ2n) is 3.52. The van der Waals surface area contributed by atoms with Gasteiger partial charge in [-0.25, -0.2) is 4.98 Å². The monoisotopic (exact) mass is 265 g/mol. The molecule has 0 radical (unpaired) electrons. The van der Waals surface area contributed by atoms with Crippen LogP contribution in [0.15, 0.2) is 22.8 Å². The minimum atomic E-state index is -0.283. The Morgan fingerprint density at radius 3 is 3.00 bits per heavy atom. The Hall–Kier alpha value is -2.22. The third-order valence-electron chi connectivity index (χ3n) is 2.30. The summed E-state index contributed by atoms with van der Waals surface area (Å²) < 4.78 is 1.48. The van der Waals surface area contributed by atoms with Crippen LogP contribution in [0, 0.1) is 0 Å². The molecule has 0 saturated carbocycles. The molecule has 18 heavy (non-hydrogen) atoms. The average molecular weight is 265 g/mol. The highest BCUT2D eigenvalue weighted by atomic mass is 32.1. The predicted octanol–water partition coefficient (Wildman–Crippen LogP) is 1.33. The van der Waals surface area contributed by atoms with E-state index in [1.54, 1.807) is 31.6 Å². The molecular weight excluding hydrogens is 254 g/mol. The molecule has 2 aromatic heterocycles. The number of hydrogen-bond acceptors (Lipinski definition) is 6. The number of nitrogens with one attached hydrogen (secondary N) is 1. The molecule has 0 unspecified atom stereocenters. The first kappa shape index (κ1) is 12.2. The van der Waals surface area contributed by atoms with Crippen LogP contribution in [-0.2, 0) is 7.05 Å². The lowest BCUT2D eigenvalue weighted by atomic mass is 10.3. The van der Waals surface area contributed by atoms with Crippen LogP contribution in [0.2, 0.25) is 0 Å². The van der Waals surface area contributed by atoms with Gasteiger partial charge in [0, 0.05) is 18.6 Å². The van der Waals surface area contributed by atoms with Crippen molar-refractivity contribution in [2.24, 2.45) is 12.2 Å². The van der Waals surface area contributed by atoms with E-state index in [2.05, 4.69) is 20.6 Å². The van der Waals surface area contributed by atoms with E-state index in [-0.39, 0.29) is 5.91 Å². The number of aryl methyl sites for hydroxylation is 1. The quantitative estimate of drug-likeness (QED) is 0.497. The van der Waals surface area contributed by atoms with E-state index in [1.165, 1.54) is 16.0 Å². The van der Waals surface area contributed by atoms with Gasteiger partial charge >= 0.3 is 0 Å². The molecule has 0 aromatic carbocycles. The van der Waals surface area contributed by atoms with Crippen LogP contribution in [0.4, 0.5) is 5.13 Å². The fourth-order valence-corrected chi connectivity index (χ4v) is 2.06. The minimum Gasteiger partial charge on any atom is -0.411 e. The Morgan fingerprint density at radius 1 is 1.61 bits per heavy atom. The Morgan fingerprint density at radius 2 is 2.39 bits per heavy atom. The first-order chi connectivity index (χ1) is 8.61. The van der Waals surface area contributed by atoms with Gasteiger partial charge in [-0.1, -0.05) is 5.16 Å². The first-order valence-corrected chi connectivity index (χ1v) is 5.93. The van der Waals surface area contributed by atoms with E-state index in [0.717, 1.165) is 0 Å². The Labute approximate surface area is 107 Å². The zero-order valence-corrected chi connectivity index (χ0v) is 10.6. The summed E-state index contributed by atoms with van der Waals surface area (Å²) in [5, 5.41) is 20.4. The number of rotatable bonds is 3. The zero-order valence-electron chi connectivity index (χ0n) is 9.78. The summed E-state index contributed by atoms with van der Waals surface area (Å²) >= 11 is 1.26. The van der Waals surface area contributed by atoms with Gasteiger partial charge in [-0.2, -0.15) is 5.10 Å². The number of oxime groups is 1. The van der Waals surface area contributed by atoms with Gasteiger partial charge in [0.25, 0.3) is 5.91 Å². The van der Waals surface area contributed by atoms with E-state index in [4.69, 9.17) is 5.21 Å². The van der Waals surface area contributed by atoms with Crippen molar-refractivity contribution in [1.29, 1.82) is 0 Å². The highest BCUT2D eigenvalue weighted by Crippen LogP contribution is 2.16. The minimum absolute atomic E-state index is 0.283. The maximum atomic E-state index is 11.9. The van der Waals surface area contributed by atoms with Crippen molar-refractivity contribution in [3.05, 3.63) is 29.0 Å². The molecule has 0 aliphatic heterocycles. The fourth-order valence-electron chi connectivity index (χ4n) is 1.31. The fraction of sp³-hybridized carbons (Fsp3) is 0.200. The van der Waals surface area contributed by atoms with Crippen LogP contribution in [-0.4, -0.2) is 31.6 Å². The standard InChI is InChI=1S/C10H11N5O2S/c1-6(14-17)7-5-18-10(12-7)13-9(16)8-3-4-11-15(8)2/h3-5,17H,1-2H3,(H,12,13,16)/b14-6+. The van der Waals surface area contributed by atoms with Crippen molar-refractivity contribution in [3.8, 4) is 0 Å². The summed E-state index contributed by atoms with van der Waals surface area (Å²) in [4.78, 5) is 16.0. The van der Waals surface area contributed by atoms with Gasteiger partial charge in [0.1, 0.15) is 17.1 Å². The Balaban J connectivity index is 2.13. The van der Waals surface area contributed by atoms with Crippen molar-refractivity contribution >= 4 is 28.1 Å². The zero-order chi connectivity index (χ0) is 13.1. The highest BCUT2D eigenvalue weighted by molar-refractivity contribution is 7.14. The summed E-state index contributed by atoms with van der Waals surface area (Å²) in [6.45, 7) is 1.63. The van der Waals surface area contributed by atoms with Crippen LogP contribution < -0.4 is 5.32 Å². The van der Waals surface area contributed by atoms with E-state index in [1.807, 2.05) is 0 Å². The lowest BCUT2D eigenvalue weighted by Crippen LogP contribution is -2.16. The number of anilines is 1. The maximum Gasteiger partial charge on any atom is 0.275 e. The molecule has 0 spiro atoms. The van der Waals surface area contributed by atoms with Crippen molar-refractivity contribution in [2.75, 3.05) is 5.32 Å². The molecule has 94 valence electrons. The largest absolute Gasteiger partial charge is 0.411 e. The van der Waals surface area contributed by atoms with Crippen LogP contribution in [0.5, 0.6) is 0 Å². The summed E-state index contributed by atoms with van der Waals surface area (Å²) in [6, 6.07) is 1.62. The molecule has 7 nitrogen and oxygen atoms in total. The smallest absolute Gasteiger partial charge is 0.275 e. The summed E-state index contributed by atoms with van der Waals surface area (Å²) in [5.74, 6) is -0.283. The number of thiazole rings is 1. The second-order valence-corrected chi connectivity index (χ2v) is 4.38. The highest BCUT2D eigenvalue weighted by Gasteiger charge is 2.12. The van der Waals surface area contributed by atoms with Crippen molar-refractivity contribution in [1.82, 2.24) is 14.8 Å². The molecular formula is C10H11N5O2S. The van der Waals surface area contributed by atoms with Gasteiger partial charge in [-0.05, 0) is 13.0 Å². The molecule has 2 rings (SSSR count). The van der Waals surface area contributed by atoms with E-state index >= 15 is 0 Å². The Kier molecular flexibility index (Phi) is 3.38. The van der Waals surface area contributed by atoms with Crippen LogP contribution in [0.25, 0.3) is 0 Å². The number of hydrogen-bond donors (Lipinski definition) is 2. The molecule has 8 heteroatoms. The van der Waals surface area contributed by atoms with Crippen LogP contribution in [0.3, 0.4) is 0 Å². The molecule has 0 fully saturated rings. The van der Waals surface area contributed by atoms with Gasteiger partial charge in [0.05, 0.1) is 0 Å². The van der Waals surface area contributed by atoms with Crippen LogP contribution in [0.1, 0.15) is 23.1 Å². The molecule has 0 saturated heterocycles. The van der Waals surface area contributed by atoms with Gasteiger partial charge in [0.15, 0.2) is 5.13 Å². The lowest BCUT2D eigenvalue weighted by Gasteiger charge is -2.01. The number of nitrogens with zero attached hydrogens (tertiary/aromatic N) is 4. The average Bonchev–Trinajstić information content (AvgIpc) is 2.97. The Bertz CT molecular complexity index is 601. The molecule has 2 heterocycles. The topological polar surface area (TPSA) is 92.4 Å². The molecule has 0 bridgehead atoms. The van der Waals surface area contributed by atoms with Gasteiger partial charge in [-0.3, -0.25) is 14.8 Å². The summed E-state index contributed by atoms with van der Waals surface area (Å²) in [6.07, 6.45) is 1.55. The van der Waals surface area contributed by atoms with Gasteiger partial charge in [-0.15, -0.1) is 11.3 Å². The lowest BCUT2D eigenvalue weighted by molar-refractivity contribution is 0.101. The number of carbonyl (C=O) groups is 1. The third kappa shape index (κ3) is 2.38. The SMILES string of the molecule is C/C(=N\O)c1csc(NC(=O)c2ccnn2C)n1. The molecule has 0 atom stereocenters. The molecule has 2 N–H and O–H groups in total. The summed E-state index contributed by atoms with van der Waals surface area (Å²) in [7, 11) is 1.69. The molecule has 2 aromatic rings. The van der Waals surface area contributed by atoms with Gasteiger partial charge < -0.3 is 5.21 Å². The maximum absolute atomic E-state index is 11.9. The van der Waals surface area contributed by atoms with Gasteiger partial charge in [0.2, 0.25) is 0 Å². The first-order valence-electron chi connectivity index (χ1n) is 5.05. The van der Waals surface area contributed by atoms with Crippen LogP contribution >= 0.6 is 11.3 Å². The molecule has 1 amide bonds. The molecule has 0 aliphatic carbocycles. The number of aromatic nitrogens is 3. The number of amides is 1. The normalized spacial score (nSPS) is 11.6. The van der Waals surface area contributed by atoms with Crippen molar-refractivity contribution in [3.63, 3.8) is 0 Å². The molecule has 0 aliphatic rings. The third-order valence-corrected chi connectivity index (χ3v) is 3.06. The van der Waals surface area contributed by atoms with E-state index < -0.39 is 0 Å². The van der Waals surface area contributed by atoms with E-state index in [9.17, 15) is 4.79 Å². The summed E-state index contributed by atoms with van der Waals surface area (Å²) in [5.41, 5.74) is 1.37.